The number of pyridine rings is 1. The van der Waals surface area contributed by atoms with Crippen LogP contribution in [0.15, 0.2) is 53.7 Å². The average Bonchev–Trinajstić information content (AvgIpc) is 3.45. The van der Waals surface area contributed by atoms with Crippen molar-refractivity contribution in [3.05, 3.63) is 70.7 Å². The number of aromatic nitrogens is 7. The maximum atomic E-state index is 13.0. The molecule has 4 aromatic rings. The third-order valence-electron chi connectivity index (χ3n) is 5.66. The lowest BCUT2D eigenvalue weighted by molar-refractivity contribution is 0.615. The minimum absolute atomic E-state index is 0.0802. The topological polar surface area (TPSA) is 94.3 Å². The summed E-state index contributed by atoms with van der Waals surface area (Å²) in [7, 11) is 0. The second kappa shape index (κ2) is 10.2. The number of tetrazole rings is 1. The summed E-state index contributed by atoms with van der Waals surface area (Å²) in [5, 5.41) is 14.2. The zero-order chi connectivity index (χ0) is 22.3. The van der Waals surface area contributed by atoms with Gasteiger partial charge in [0.15, 0.2) is 5.82 Å². The Morgan fingerprint density at radius 3 is 2.56 bits per heavy atom. The zero-order valence-corrected chi connectivity index (χ0v) is 18.7. The fourth-order valence-corrected chi connectivity index (χ4v) is 3.99. The van der Waals surface area contributed by atoms with Gasteiger partial charge in [-0.05, 0) is 52.4 Å². The molecule has 0 fully saturated rings. The lowest BCUT2D eigenvalue weighted by atomic mass is 10.00. The Balaban J connectivity index is 1.59. The van der Waals surface area contributed by atoms with Crippen molar-refractivity contribution in [2.45, 2.75) is 59.0 Å². The molecule has 0 unspecified atom stereocenters. The molecule has 0 atom stereocenters. The summed E-state index contributed by atoms with van der Waals surface area (Å²) in [4.78, 5) is 17.2. The van der Waals surface area contributed by atoms with E-state index < -0.39 is 0 Å². The molecule has 3 aromatic heterocycles. The lowest BCUT2D eigenvalue weighted by Gasteiger charge is -2.10. The molecular formula is C24H29N7O. The first-order valence-corrected chi connectivity index (χ1v) is 11.3. The van der Waals surface area contributed by atoms with Crippen molar-refractivity contribution in [2.75, 3.05) is 0 Å². The summed E-state index contributed by atoms with van der Waals surface area (Å²) < 4.78 is 3.78. The van der Waals surface area contributed by atoms with Crippen LogP contribution in [0.4, 0.5) is 0 Å². The van der Waals surface area contributed by atoms with Gasteiger partial charge in [-0.1, -0.05) is 51.0 Å². The van der Waals surface area contributed by atoms with E-state index >= 15 is 0 Å². The zero-order valence-electron chi connectivity index (χ0n) is 18.7. The van der Waals surface area contributed by atoms with E-state index in [9.17, 15) is 4.79 Å². The fourth-order valence-electron chi connectivity index (χ4n) is 3.99. The van der Waals surface area contributed by atoms with Gasteiger partial charge in [-0.15, -0.1) is 5.10 Å². The number of nitrogens with one attached hydrogen (secondary N) is 1. The molecule has 0 spiro atoms. The number of H-pyrrole nitrogens is 1. The lowest BCUT2D eigenvalue weighted by Crippen LogP contribution is -2.25. The van der Waals surface area contributed by atoms with Crippen LogP contribution in [0.2, 0.25) is 0 Å². The molecule has 0 aliphatic carbocycles. The predicted molar refractivity (Wildman–Crippen MR) is 124 cm³/mol. The first kappa shape index (κ1) is 21.7. The van der Waals surface area contributed by atoms with Gasteiger partial charge in [0.25, 0.3) is 0 Å². The summed E-state index contributed by atoms with van der Waals surface area (Å²) in [5.41, 5.74) is 5.18. The van der Waals surface area contributed by atoms with Crippen LogP contribution in [0.25, 0.3) is 22.5 Å². The van der Waals surface area contributed by atoms with Crippen LogP contribution in [0.5, 0.6) is 0 Å². The Hall–Kier alpha value is -3.55. The maximum Gasteiger partial charge on any atom is 0.328 e. The minimum atomic E-state index is 0.0802. The molecule has 1 N–H and O–H groups in total. The highest BCUT2D eigenvalue weighted by atomic mass is 16.1. The van der Waals surface area contributed by atoms with Crippen LogP contribution >= 0.6 is 0 Å². The number of rotatable bonds is 10. The van der Waals surface area contributed by atoms with Gasteiger partial charge in [0, 0.05) is 36.4 Å². The largest absolute Gasteiger partial charge is 0.328 e. The number of nitrogens with zero attached hydrogens (tertiary/aromatic N) is 6. The molecule has 4 rings (SSSR count). The Morgan fingerprint density at radius 1 is 1.00 bits per heavy atom. The van der Waals surface area contributed by atoms with Crippen molar-refractivity contribution in [2.24, 2.45) is 0 Å². The Morgan fingerprint density at radius 2 is 1.84 bits per heavy atom. The van der Waals surface area contributed by atoms with E-state index in [1.807, 2.05) is 21.4 Å². The quantitative estimate of drug-likeness (QED) is 0.382. The number of aryl methyl sites for hydroxylation is 2. The SMILES string of the molecule is CCCCCc1cn(CCC)c(=O)n1Cc1ccc(-c2ccncc2-c2nnn[nH]2)cc1. The summed E-state index contributed by atoms with van der Waals surface area (Å²) in [6.07, 6.45) is 10.9. The monoisotopic (exact) mass is 431 g/mol. The van der Waals surface area contributed by atoms with Gasteiger partial charge in [0.05, 0.1) is 6.54 Å². The summed E-state index contributed by atoms with van der Waals surface area (Å²) in [6.45, 7) is 5.63. The molecule has 0 saturated heterocycles. The number of aromatic amines is 1. The maximum absolute atomic E-state index is 13.0. The van der Waals surface area contributed by atoms with Gasteiger partial charge in [0.1, 0.15) is 0 Å². The molecule has 0 saturated carbocycles. The van der Waals surface area contributed by atoms with E-state index in [-0.39, 0.29) is 5.69 Å². The second-order valence-electron chi connectivity index (χ2n) is 8.01. The molecule has 0 radical (unpaired) electrons. The normalized spacial score (nSPS) is 11.2. The van der Waals surface area contributed by atoms with E-state index in [0.29, 0.717) is 12.4 Å². The highest BCUT2D eigenvalue weighted by Gasteiger charge is 2.13. The molecule has 166 valence electrons. The van der Waals surface area contributed by atoms with E-state index in [1.165, 1.54) is 12.8 Å². The third-order valence-corrected chi connectivity index (χ3v) is 5.66. The van der Waals surface area contributed by atoms with Gasteiger partial charge in [-0.25, -0.2) is 9.89 Å². The van der Waals surface area contributed by atoms with E-state index in [4.69, 9.17) is 0 Å². The highest BCUT2D eigenvalue weighted by molar-refractivity contribution is 5.79. The summed E-state index contributed by atoms with van der Waals surface area (Å²) in [6, 6.07) is 10.3. The van der Waals surface area contributed by atoms with Crippen LogP contribution in [0.1, 0.15) is 50.8 Å². The van der Waals surface area contributed by atoms with Crippen LogP contribution in [-0.4, -0.2) is 34.7 Å². The molecule has 8 nitrogen and oxygen atoms in total. The third kappa shape index (κ3) is 4.69. The predicted octanol–water partition coefficient (Wildman–Crippen LogP) is 4.08. The Bertz CT molecular complexity index is 1190. The summed E-state index contributed by atoms with van der Waals surface area (Å²) >= 11 is 0. The van der Waals surface area contributed by atoms with E-state index in [1.54, 1.807) is 12.4 Å². The first-order valence-electron chi connectivity index (χ1n) is 11.3. The molecule has 0 amide bonds. The van der Waals surface area contributed by atoms with E-state index in [0.717, 1.165) is 53.8 Å². The number of hydrogen-bond acceptors (Lipinski definition) is 5. The molecule has 0 aliphatic rings. The molecule has 3 heterocycles. The number of benzene rings is 1. The second-order valence-corrected chi connectivity index (χ2v) is 8.01. The summed E-state index contributed by atoms with van der Waals surface area (Å²) in [5.74, 6) is 0.581. The van der Waals surface area contributed by atoms with Crippen LogP contribution in [-0.2, 0) is 19.5 Å². The molecule has 32 heavy (non-hydrogen) atoms. The van der Waals surface area contributed by atoms with Gasteiger partial charge >= 0.3 is 5.69 Å². The number of imidazole rings is 1. The fraction of sp³-hybridized carbons (Fsp3) is 0.375. The van der Waals surface area contributed by atoms with Gasteiger partial charge in [0.2, 0.25) is 0 Å². The van der Waals surface area contributed by atoms with Crippen LogP contribution in [0, 0.1) is 0 Å². The van der Waals surface area contributed by atoms with Crippen molar-refractivity contribution >= 4 is 0 Å². The van der Waals surface area contributed by atoms with Gasteiger partial charge < -0.3 is 0 Å². The standard InChI is InChI=1S/C24H29N7O/c1-3-5-6-7-20-17-30(14-4-2)24(32)31(20)16-18-8-10-19(11-9-18)21-12-13-25-15-22(21)23-26-28-29-27-23/h8-13,15,17H,3-7,14,16H2,1-2H3,(H,26,27,28,29). The van der Waals surface area contributed by atoms with Crippen molar-refractivity contribution in [3.63, 3.8) is 0 Å². The van der Waals surface area contributed by atoms with Gasteiger partial charge in [-0.2, -0.15) is 0 Å². The van der Waals surface area contributed by atoms with E-state index in [2.05, 4.69) is 63.7 Å². The van der Waals surface area contributed by atoms with Crippen molar-refractivity contribution in [1.29, 1.82) is 0 Å². The molecule has 8 heteroatoms. The van der Waals surface area contributed by atoms with Gasteiger partial charge in [-0.3, -0.25) is 14.1 Å². The minimum Gasteiger partial charge on any atom is -0.299 e. The average molecular weight is 432 g/mol. The van der Waals surface area contributed by atoms with Crippen molar-refractivity contribution < 1.29 is 0 Å². The Labute approximate surface area is 187 Å². The van der Waals surface area contributed by atoms with Crippen molar-refractivity contribution in [1.82, 2.24) is 34.7 Å². The van der Waals surface area contributed by atoms with Crippen molar-refractivity contribution in [3.8, 4) is 22.5 Å². The number of unbranched alkanes of at least 4 members (excludes halogenated alkanes) is 2. The number of hydrogen-bond donors (Lipinski definition) is 1. The molecular weight excluding hydrogens is 402 g/mol. The van der Waals surface area contributed by atoms with Crippen LogP contribution in [0.3, 0.4) is 0 Å². The molecule has 0 bridgehead atoms. The Kier molecular flexibility index (Phi) is 6.89. The van der Waals surface area contributed by atoms with Crippen LogP contribution < -0.4 is 5.69 Å². The highest BCUT2D eigenvalue weighted by Crippen LogP contribution is 2.29. The smallest absolute Gasteiger partial charge is 0.299 e. The first-order chi connectivity index (χ1) is 15.7. The molecule has 1 aromatic carbocycles. The molecule has 0 aliphatic heterocycles.